The number of aliphatic hydroxyl groups is 1. The molecule has 0 aromatic heterocycles. The van der Waals surface area contributed by atoms with Crippen molar-refractivity contribution in [3.05, 3.63) is 0 Å². The predicted octanol–water partition coefficient (Wildman–Crippen LogP) is 0.760. The highest BCUT2D eigenvalue weighted by Crippen LogP contribution is 2.17. The van der Waals surface area contributed by atoms with Crippen LogP contribution in [0.5, 0.6) is 0 Å². The fourth-order valence-corrected chi connectivity index (χ4v) is 5.90. The Bertz CT molecular complexity index is 309. The van der Waals surface area contributed by atoms with E-state index >= 15 is 0 Å². The molecule has 0 aromatic rings. The summed E-state index contributed by atoms with van der Waals surface area (Å²) in [5.74, 6) is 0.0145. The molecule has 24 heavy (non-hydrogen) atoms. The Morgan fingerprint density at radius 3 is 1.67 bits per heavy atom. The van der Waals surface area contributed by atoms with Crippen LogP contribution in [-0.2, 0) is 26.9 Å². The first-order chi connectivity index (χ1) is 11.4. The van der Waals surface area contributed by atoms with Crippen molar-refractivity contribution in [2.24, 2.45) is 0 Å². The predicted molar refractivity (Wildman–Crippen MR) is 94.7 cm³/mol. The maximum Gasteiger partial charge on any atom is 0.500 e. The molecule has 1 N–H and O–H groups in total. The molecule has 0 atom stereocenters. The first-order valence-electron chi connectivity index (χ1n) is 8.00. The van der Waals surface area contributed by atoms with E-state index in [1.165, 1.54) is 0 Å². The standard InChI is InChI=1S/C14H33NO7Si2/c1-14(17)15(9-7-11-23(13-16,18-2)19-3)10-8-12-24(20-4,21-5)22-6/h16H,7-13H2,1-6H3. The minimum atomic E-state index is -2.60. The maximum atomic E-state index is 11.8. The lowest BCUT2D eigenvalue weighted by Crippen LogP contribution is -2.45. The quantitative estimate of drug-likeness (QED) is 0.443. The SMILES string of the molecule is CO[Si](CO)(CCCN(CCC[Si](OC)(OC)OC)C(C)=O)OC. The second kappa shape index (κ2) is 12.1. The summed E-state index contributed by atoms with van der Waals surface area (Å²) in [6.07, 6.45) is 1.36. The van der Waals surface area contributed by atoms with Crippen molar-refractivity contribution in [1.82, 2.24) is 4.90 Å². The maximum absolute atomic E-state index is 11.8. The monoisotopic (exact) mass is 383 g/mol. The summed E-state index contributed by atoms with van der Waals surface area (Å²) in [5, 5.41) is 9.46. The molecule has 0 saturated heterocycles. The van der Waals surface area contributed by atoms with Crippen LogP contribution in [-0.4, -0.2) is 88.1 Å². The number of hydrogen-bond acceptors (Lipinski definition) is 7. The number of amides is 1. The van der Waals surface area contributed by atoms with Gasteiger partial charge < -0.3 is 32.1 Å². The zero-order chi connectivity index (χ0) is 18.6. The van der Waals surface area contributed by atoms with E-state index in [2.05, 4.69) is 0 Å². The van der Waals surface area contributed by atoms with E-state index in [4.69, 9.17) is 22.1 Å². The van der Waals surface area contributed by atoms with Gasteiger partial charge in [0, 0.05) is 61.6 Å². The number of nitrogens with zero attached hydrogens (tertiary/aromatic N) is 1. The van der Waals surface area contributed by atoms with Crippen LogP contribution in [0, 0.1) is 0 Å². The van der Waals surface area contributed by atoms with Crippen molar-refractivity contribution in [1.29, 1.82) is 0 Å². The van der Waals surface area contributed by atoms with Crippen molar-refractivity contribution < 1.29 is 32.0 Å². The Labute approximate surface area is 147 Å². The molecule has 0 fully saturated rings. The summed E-state index contributed by atoms with van der Waals surface area (Å²) in [6.45, 7) is 2.75. The third-order valence-corrected chi connectivity index (χ3v) is 10.2. The number of hydrogen-bond donors (Lipinski definition) is 1. The molecule has 0 aliphatic carbocycles. The van der Waals surface area contributed by atoms with Crippen LogP contribution < -0.4 is 0 Å². The fourth-order valence-electron chi connectivity index (χ4n) is 2.50. The fraction of sp³-hybridized carbons (Fsp3) is 0.929. The van der Waals surface area contributed by atoms with E-state index in [9.17, 15) is 9.90 Å². The molecule has 1 amide bonds. The van der Waals surface area contributed by atoms with E-state index in [1.807, 2.05) is 0 Å². The molecule has 10 heteroatoms. The summed E-state index contributed by atoms with van der Waals surface area (Å²) >= 11 is 0. The minimum absolute atomic E-state index is 0.0145. The van der Waals surface area contributed by atoms with E-state index in [1.54, 1.807) is 47.4 Å². The summed E-state index contributed by atoms with van der Waals surface area (Å²) in [7, 11) is 2.71. The Morgan fingerprint density at radius 2 is 1.33 bits per heavy atom. The van der Waals surface area contributed by atoms with Crippen LogP contribution in [0.15, 0.2) is 0 Å². The van der Waals surface area contributed by atoms with Gasteiger partial charge in [-0.05, 0) is 18.9 Å². The summed E-state index contributed by atoms with van der Waals surface area (Å²) in [5.41, 5.74) is 0. The average molecular weight is 384 g/mol. The molecule has 0 saturated carbocycles. The van der Waals surface area contributed by atoms with Crippen molar-refractivity contribution in [2.75, 3.05) is 54.9 Å². The van der Waals surface area contributed by atoms with Crippen molar-refractivity contribution in [3.63, 3.8) is 0 Å². The lowest BCUT2D eigenvalue weighted by Gasteiger charge is -2.28. The van der Waals surface area contributed by atoms with Crippen LogP contribution in [0.1, 0.15) is 19.8 Å². The van der Waals surface area contributed by atoms with Gasteiger partial charge in [-0.25, -0.2) is 0 Å². The van der Waals surface area contributed by atoms with Crippen LogP contribution in [0.4, 0.5) is 0 Å². The van der Waals surface area contributed by atoms with Crippen molar-refractivity contribution >= 4 is 23.3 Å². The Morgan fingerprint density at radius 1 is 0.875 bits per heavy atom. The van der Waals surface area contributed by atoms with Crippen molar-refractivity contribution in [2.45, 2.75) is 31.9 Å². The molecule has 8 nitrogen and oxygen atoms in total. The third kappa shape index (κ3) is 7.27. The molecule has 0 aromatic carbocycles. The van der Waals surface area contributed by atoms with Gasteiger partial charge in [-0.3, -0.25) is 4.79 Å². The molecular weight excluding hydrogens is 350 g/mol. The van der Waals surface area contributed by atoms with Gasteiger partial charge in [-0.1, -0.05) is 0 Å². The summed E-state index contributed by atoms with van der Waals surface area (Å²) < 4.78 is 26.9. The van der Waals surface area contributed by atoms with E-state index in [0.29, 0.717) is 25.2 Å². The van der Waals surface area contributed by atoms with E-state index in [-0.39, 0.29) is 12.1 Å². The number of carbonyl (C=O) groups excluding carboxylic acids is 1. The normalized spacial score (nSPS) is 12.5. The van der Waals surface area contributed by atoms with Gasteiger partial charge in [0.05, 0.1) is 6.23 Å². The highest BCUT2D eigenvalue weighted by molar-refractivity contribution is 6.67. The second-order valence-electron chi connectivity index (χ2n) is 5.49. The van der Waals surface area contributed by atoms with E-state index < -0.39 is 17.4 Å². The zero-order valence-corrected chi connectivity index (χ0v) is 17.8. The van der Waals surface area contributed by atoms with Gasteiger partial charge in [0.15, 0.2) is 0 Å². The average Bonchev–Trinajstić information content (AvgIpc) is 2.61. The largest absolute Gasteiger partial charge is 0.500 e. The van der Waals surface area contributed by atoms with Crippen LogP contribution in [0.2, 0.25) is 12.1 Å². The minimum Gasteiger partial charge on any atom is -0.396 e. The number of carbonyl (C=O) groups is 1. The summed E-state index contributed by atoms with van der Waals surface area (Å²) in [6, 6.07) is 1.28. The molecule has 0 aliphatic heterocycles. The molecule has 0 heterocycles. The first-order valence-corrected chi connectivity index (χ1v) is 12.2. The lowest BCUT2D eigenvalue weighted by molar-refractivity contribution is -0.128. The molecule has 0 radical (unpaired) electrons. The lowest BCUT2D eigenvalue weighted by atomic mass is 10.3. The molecule has 0 aliphatic rings. The zero-order valence-electron chi connectivity index (χ0n) is 15.8. The van der Waals surface area contributed by atoms with Crippen LogP contribution in [0.3, 0.4) is 0 Å². The molecule has 0 spiro atoms. The Balaban J connectivity index is 4.45. The first kappa shape index (κ1) is 23.7. The molecular formula is C14H33NO7Si2. The van der Waals surface area contributed by atoms with Crippen LogP contribution >= 0.6 is 0 Å². The van der Waals surface area contributed by atoms with E-state index in [0.717, 1.165) is 12.8 Å². The molecule has 0 rings (SSSR count). The van der Waals surface area contributed by atoms with Crippen molar-refractivity contribution in [3.8, 4) is 0 Å². The molecule has 0 unspecified atom stereocenters. The topological polar surface area (TPSA) is 86.7 Å². The third-order valence-electron chi connectivity index (χ3n) is 4.26. The van der Waals surface area contributed by atoms with Gasteiger partial charge in [-0.15, -0.1) is 0 Å². The van der Waals surface area contributed by atoms with Crippen LogP contribution in [0.25, 0.3) is 0 Å². The van der Waals surface area contributed by atoms with Gasteiger partial charge in [-0.2, -0.15) is 0 Å². The highest BCUT2D eigenvalue weighted by atomic mass is 28.4. The number of rotatable bonds is 14. The summed E-state index contributed by atoms with van der Waals surface area (Å²) in [4.78, 5) is 13.6. The van der Waals surface area contributed by atoms with Gasteiger partial charge >= 0.3 is 17.4 Å². The molecule has 0 bridgehead atoms. The van der Waals surface area contributed by atoms with Gasteiger partial charge in [0.2, 0.25) is 5.91 Å². The Kier molecular flexibility index (Phi) is 11.9. The second-order valence-corrected chi connectivity index (χ2v) is 12.0. The smallest absolute Gasteiger partial charge is 0.396 e. The highest BCUT2D eigenvalue weighted by Gasteiger charge is 2.37. The Hall–Kier alpha value is -0.336. The van der Waals surface area contributed by atoms with Gasteiger partial charge in [0.25, 0.3) is 0 Å². The van der Waals surface area contributed by atoms with Gasteiger partial charge in [0.1, 0.15) is 0 Å². The number of aliphatic hydroxyl groups excluding tert-OH is 1. The molecule has 144 valence electrons.